The van der Waals surface area contributed by atoms with Gasteiger partial charge in [0.25, 0.3) is 0 Å². The molecule has 1 aromatic rings. The van der Waals surface area contributed by atoms with Gasteiger partial charge in [-0.2, -0.15) is 0 Å². The van der Waals surface area contributed by atoms with Crippen molar-refractivity contribution in [2.75, 3.05) is 20.1 Å². The molecule has 1 amide bonds. The predicted molar refractivity (Wildman–Crippen MR) is 67.9 cm³/mol. The van der Waals surface area contributed by atoms with Crippen LogP contribution in [-0.2, 0) is 11.3 Å². The fourth-order valence-electron chi connectivity index (χ4n) is 1.53. The molecular weight excluding hydrogens is 214 g/mol. The predicted octanol–water partition coefficient (Wildman–Crippen LogP) is -0.0861. The van der Waals surface area contributed by atoms with E-state index in [0.29, 0.717) is 13.1 Å². The summed E-state index contributed by atoms with van der Waals surface area (Å²) < 4.78 is 0. The van der Waals surface area contributed by atoms with Crippen molar-refractivity contribution < 1.29 is 4.79 Å². The van der Waals surface area contributed by atoms with Gasteiger partial charge in [-0.25, -0.2) is 0 Å². The molecule has 0 saturated carbocycles. The van der Waals surface area contributed by atoms with Crippen LogP contribution in [0, 0.1) is 11.8 Å². The molecule has 0 radical (unpaired) electrons. The molecule has 0 aliphatic carbocycles. The first-order chi connectivity index (χ1) is 8.11. The van der Waals surface area contributed by atoms with E-state index in [1.165, 1.54) is 0 Å². The van der Waals surface area contributed by atoms with E-state index in [-0.39, 0.29) is 12.5 Å². The maximum atomic E-state index is 10.8. The van der Waals surface area contributed by atoms with E-state index in [4.69, 9.17) is 11.5 Å². The van der Waals surface area contributed by atoms with Gasteiger partial charge in [0.15, 0.2) is 0 Å². The second-order valence-electron chi connectivity index (χ2n) is 3.84. The average molecular weight is 231 g/mol. The number of likely N-dealkylation sites (N-methyl/N-ethyl adjacent to an activating group) is 1. The highest BCUT2D eigenvalue weighted by atomic mass is 16.1. The summed E-state index contributed by atoms with van der Waals surface area (Å²) in [4.78, 5) is 12.6. The Hall–Kier alpha value is -1.83. The Labute approximate surface area is 102 Å². The summed E-state index contributed by atoms with van der Waals surface area (Å²) in [6.07, 6.45) is 0. The van der Waals surface area contributed by atoms with Crippen LogP contribution in [0.1, 0.15) is 11.1 Å². The molecule has 0 aromatic heterocycles. The Kier molecular flexibility index (Phi) is 5.21. The first kappa shape index (κ1) is 13.2. The Bertz CT molecular complexity index is 445. The molecule has 1 rings (SSSR count). The summed E-state index contributed by atoms with van der Waals surface area (Å²) >= 11 is 0. The largest absolute Gasteiger partial charge is 0.369 e. The lowest BCUT2D eigenvalue weighted by molar-refractivity contribution is -0.118. The van der Waals surface area contributed by atoms with Gasteiger partial charge in [0.2, 0.25) is 5.91 Å². The number of carbonyl (C=O) groups is 1. The maximum absolute atomic E-state index is 10.8. The van der Waals surface area contributed by atoms with Crippen LogP contribution in [0.15, 0.2) is 24.3 Å². The quantitative estimate of drug-likeness (QED) is 0.712. The minimum atomic E-state index is -0.327. The van der Waals surface area contributed by atoms with Crippen LogP contribution in [0.5, 0.6) is 0 Å². The standard InChI is InChI=1S/C13H17N3O/c1-16(10-13(15)17)9-12-5-2-4-11(8-12)6-3-7-14/h2,4-5,8H,7,9-10,14H2,1H3,(H2,15,17). The average Bonchev–Trinajstić information content (AvgIpc) is 2.25. The lowest BCUT2D eigenvalue weighted by atomic mass is 10.1. The highest BCUT2D eigenvalue weighted by Crippen LogP contribution is 2.06. The molecule has 0 atom stereocenters. The fourth-order valence-corrected chi connectivity index (χ4v) is 1.53. The number of nitrogens with two attached hydrogens (primary N) is 2. The van der Waals surface area contributed by atoms with Crippen molar-refractivity contribution >= 4 is 5.91 Å². The van der Waals surface area contributed by atoms with Crippen LogP contribution < -0.4 is 11.5 Å². The number of hydrogen-bond donors (Lipinski definition) is 2. The second-order valence-corrected chi connectivity index (χ2v) is 3.84. The minimum Gasteiger partial charge on any atom is -0.369 e. The molecule has 1 aromatic carbocycles. The minimum absolute atomic E-state index is 0.249. The molecular formula is C13H17N3O. The molecule has 0 heterocycles. The lowest BCUT2D eigenvalue weighted by Gasteiger charge is -2.14. The highest BCUT2D eigenvalue weighted by Gasteiger charge is 2.03. The van der Waals surface area contributed by atoms with Crippen molar-refractivity contribution in [1.82, 2.24) is 4.90 Å². The van der Waals surface area contributed by atoms with Crippen molar-refractivity contribution in [2.45, 2.75) is 6.54 Å². The molecule has 4 heteroatoms. The van der Waals surface area contributed by atoms with E-state index in [2.05, 4.69) is 11.8 Å². The van der Waals surface area contributed by atoms with E-state index in [1.807, 2.05) is 36.2 Å². The Morgan fingerprint density at radius 3 is 2.88 bits per heavy atom. The summed E-state index contributed by atoms with van der Waals surface area (Å²) in [7, 11) is 1.85. The molecule has 0 bridgehead atoms. The van der Waals surface area contributed by atoms with Crippen LogP contribution in [0.4, 0.5) is 0 Å². The Balaban J connectivity index is 2.68. The third-order valence-corrected chi connectivity index (χ3v) is 2.14. The molecule has 90 valence electrons. The molecule has 0 aliphatic rings. The van der Waals surface area contributed by atoms with E-state index in [1.54, 1.807) is 0 Å². The fraction of sp³-hybridized carbons (Fsp3) is 0.308. The van der Waals surface area contributed by atoms with E-state index < -0.39 is 0 Å². The van der Waals surface area contributed by atoms with Crippen LogP contribution in [0.3, 0.4) is 0 Å². The van der Waals surface area contributed by atoms with Crippen LogP contribution >= 0.6 is 0 Å². The maximum Gasteiger partial charge on any atom is 0.231 e. The van der Waals surface area contributed by atoms with E-state index in [0.717, 1.165) is 11.1 Å². The summed E-state index contributed by atoms with van der Waals surface area (Å²) in [6.45, 7) is 1.27. The number of rotatable bonds is 4. The number of nitrogens with zero attached hydrogens (tertiary/aromatic N) is 1. The summed E-state index contributed by atoms with van der Waals surface area (Å²) in [6, 6.07) is 7.85. The van der Waals surface area contributed by atoms with Gasteiger partial charge in [0, 0.05) is 12.1 Å². The molecule has 0 aliphatic heterocycles. The first-order valence-electron chi connectivity index (χ1n) is 5.36. The molecule has 0 spiro atoms. The van der Waals surface area contributed by atoms with Crippen LogP contribution in [-0.4, -0.2) is 30.9 Å². The van der Waals surface area contributed by atoms with Gasteiger partial charge < -0.3 is 11.5 Å². The van der Waals surface area contributed by atoms with Crippen LogP contribution in [0.2, 0.25) is 0 Å². The van der Waals surface area contributed by atoms with Crippen molar-refractivity contribution in [3.63, 3.8) is 0 Å². The summed E-state index contributed by atoms with van der Waals surface area (Å²) in [5, 5.41) is 0. The highest BCUT2D eigenvalue weighted by molar-refractivity contribution is 5.75. The van der Waals surface area contributed by atoms with E-state index in [9.17, 15) is 4.79 Å². The smallest absolute Gasteiger partial charge is 0.231 e. The van der Waals surface area contributed by atoms with Gasteiger partial charge in [-0.3, -0.25) is 9.69 Å². The lowest BCUT2D eigenvalue weighted by Crippen LogP contribution is -2.30. The monoisotopic (exact) mass is 231 g/mol. The zero-order valence-corrected chi connectivity index (χ0v) is 9.94. The zero-order valence-electron chi connectivity index (χ0n) is 9.94. The molecule has 4 N–H and O–H groups in total. The Morgan fingerprint density at radius 2 is 2.24 bits per heavy atom. The van der Waals surface area contributed by atoms with Crippen molar-refractivity contribution in [2.24, 2.45) is 11.5 Å². The first-order valence-corrected chi connectivity index (χ1v) is 5.36. The zero-order chi connectivity index (χ0) is 12.7. The van der Waals surface area contributed by atoms with Gasteiger partial charge in [0.05, 0.1) is 13.1 Å². The third-order valence-electron chi connectivity index (χ3n) is 2.14. The Morgan fingerprint density at radius 1 is 1.47 bits per heavy atom. The summed E-state index contributed by atoms with van der Waals surface area (Å²) in [5.74, 6) is 5.45. The van der Waals surface area contributed by atoms with Gasteiger partial charge in [-0.1, -0.05) is 24.0 Å². The number of hydrogen-bond acceptors (Lipinski definition) is 3. The normalized spacial score (nSPS) is 9.82. The molecule has 0 unspecified atom stereocenters. The van der Waals surface area contributed by atoms with Crippen molar-refractivity contribution in [1.29, 1.82) is 0 Å². The second kappa shape index (κ2) is 6.69. The van der Waals surface area contributed by atoms with Crippen molar-refractivity contribution in [3.8, 4) is 11.8 Å². The van der Waals surface area contributed by atoms with Crippen LogP contribution in [0.25, 0.3) is 0 Å². The van der Waals surface area contributed by atoms with Crippen molar-refractivity contribution in [3.05, 3.63) is 35.4 Å². The van der Waals surface area contributed by atoms with Gasteiger partial charge in [-0.05, 0) is 24.7 Å². The summed E-state index contributed by atoms with van der Waals surface area (Å²) in [5.41, 5.74) is 12.5. The molecule has 17 heavy (non-hydrogen) atoms. The molecule has 0 fully saturated rings. The molecule has 4 nitrogen and oxygen atoms in total. The van der Waals surface area contributed by atoms with Gasteiger partial charge in [0.1, 0.15) is 0 Å². The van der Waals surface area contributed by atoms with E-state index >= 15 is 0 Å². The number of benzene rings is 1. The topological polar surface area (TPSA) is 72.3 Å². The number of primary amides is 1. The number of amides is 1. The van der Waals surface area contributed by atoms with Gasteiger partial charge >= 0.3 is 0 Å². The van der Waals surface area contributed by atoms with Gasteiger partial charge in [-0.15, -0.1) is 0 Å². The SMILES string of the molecule is CN(CC(N)=O)Cc1cccc(C#CCN)c1. The number of carbonyl (C=O) groups excluding carboxylic acids is 1. The third kappa shape index (κ3) is 5.16. The molecule has 0 saturated heterocycles.